The van der Waals surface area contributed by atoms with Gasteiger partial charge in [-0.05, 0) is 55.5 Å². The van der Waals surface area contributed by atoms with Crippen molar-refractivity contribution in [1.82, 2.24) is 14.4 Å². The summed E-state index contributed by atoms with van der Waals surface area (Å²) < 4.78 is 2.81. The van der Waals surface area contributed by atoms with Crippen molar-refractivity contribution in [2.24, 2.45) is 0 Å². The summed E-state index contributed by atoms with van der Waals surface area (Å²) in [4.78, 5) is 21.7. The predicted octanol–water partition coefficient (Wildman–Crippen LogP) is 4.89. The van der Waals surface area contributed by atoms with Crippen LogP contribution < -0.4 is 10.9 Å². The fourth-order valence-corrected chi connectivity index (χ4v) is 4.34. The highest BCUT2D eigenvalue weighted by molar-refractivity contribution is 7.21. The van der Waals surface area contributed by atoms with Crippen molar-refractivity contribution in [1.29, 1.82) is 0 Å². The Labute approximate surface area is 171 Å². The minimum Gasteiger partial charge on any atom is -0.379 e. The summed E-state index contributed by atoms with van der Waals surface area (Å²) in [6.45, 7) is 2.39. The maximum Gasteiger partial charge on any atom is 0.258 e. The van der Waals surface area contributed by atoms with Gasteiger partial charge < -0.3 is 5.32 Å². The Morgan fingerprint density at radius 2 is 1.79 bits per heavy atom. The topological polar surface area (TPSA) is 59.3 Å². The molecule has 0 unspecified atom stereocenters. The van der Waals surface area contributed by atoms with Gasteiger partial charge in [0.05, 0.1) is 22.5 Å². The predicted molar refractivity (Wildman–Crippen MR) is 119 cm³/mol. The van der Waals surface area contributed by atoms with Gasteiger partial charge in [0.15, 0.2) is 0 Å². The minimum atomic E-state index is -0.0592. The summed E-state index contributed by atoms with van der Waals surface area (Å²) in [7, 11) is 0. The van der Waals surface area contributed by atoms with Crippen molar-refractivity contribution >= 4 is 32.9 Å². The summed E-state index contributed by atoms with van der Waals surface area (Å²) >= 11 is 1.69. The van der Waals surface area contributed by atoms with E-state index in [0.29, 0.717) is 12.2 Å². The lowest BCUT2D eigenvalue weighted by Crippen LogP contribution is -2.18. The van der Waals surface area contributed by atoms with E-state index in [2.05, 4.69) is 28.5 Å². The molecule has 3 aromatic heterocycles. The van der Waals surface area contributed by atoms with E-state index < -0.39 is 0 Å². The third kappa shape index (κ3) is 3.39. The first-order chi connectivity index (χ1) is 14.2. The van der Waals surface area contributed by atoms with Gasteiger partial charge in [0.1, 0.15) is 10.7 Å². The van der Waals surface area contributed by atoms with E-state index in [9.17, 15) is 4.79 Å². The van der Waals surface area contributed by atoms with Crippen molar-refractivity contribution in [2.45, 2.75) is 13.5 Å². The first kappa shape index (κ1) is 17.6. The van der Waals surface area contributed by atoms with Gasteiger partial charge in [-0.2, -0.15) is 0 Å². The molecule has 0 aliphatic carbocycles. The Hall–Kier alpha value is -3.51. The SMILES string of the molecule is Cc1cccc2nc(CNc3ccc(-c4nc5ccccc5s4)cc3)cc(=O)n12. The average Bonchev–Trinajstić information content (AvgIpc) is 3.17. The number of nitrogens with zero attached hydrogens (tertiary/aromatic N) is 3. The smallest absolute Gasteiger partial charge is 0.258 e. The molecule has 0 aliphatic heterocycles. The summed E-state index contributed by atoms with van der Waals surface area (Å²) in [5.74, 6) is 0. The van der Waals surface area contributed by atoms with Gasteiger partial charge in [-0.15, -0.1) is 11.3 Å². The molecule has 0 amide bonds. The van der Waals surface area contributed by atoms with Crippen molar-refractivity contribution in [3.05, 3.63) is 94.5 Å². The number of thiazole rings is 1. The number of aryl methyl sites for hydroxylation is 1. The minimum absolute atomic E-state index is 0.0592. The van der Waals surface area contributed by atoms with Crippen LogP contribution >= 0.6 is 11.3 Å². The lowest BCUT2D eigenvalue weighted by molar-refractivity contribution is 0.943. The van der Waals surface area contributed by atoms with E-state index in [1.807, 2.05) is 55.5 Å². The van der Waals surface area contributed by atoms with Crippen LogP contribution in [0.4, 0.5) is 5.69 Å². The molecule has 0 atom stereocenters. The molecule has 0 saturated heterocycles. The fraction of sp³-hybridized carbons (Fsp3) is 0.0870. The average molecular weight is 398 g/mol. The molecule has 6 heteroatoms. The number of pyridine rings is 1. The van der Waals surface area contributed by atoms with E-state index in [0.717, 1.165) is 33.2 Å². The molecule has 5 aromatic rings. The first-order valence-corrected chi connectivity index (χ1v) is 10.2. The molecule has 0 spiro atoms. The Balaban J connectivity index is 1.35. The highest BCUT2D eigenvalue weighted by atomic mass is 32.1. The number of rotatable bonds is 4. The molecule has 0 fully saturated rings. The van der Waals surface area contributed by atoms with E-state index >= 15 is 0 Å². The third-order valence-electron chi connectivity index (χ3n) is 4.83. The number of nitrogens with one attached hydrogen (secondary N) is 1. The molecule has 0 radical (unpaired) electrons. The maximum absolute atomic E-state index is 12.4. The van der Waals surface area contributed by atoms with Crippen LogP contribution in [-0.2, 0) is 6.54 Å². The number of aromatic nitrogens is 3. The Bertz CT molecular complexity index is 1350. The standard InChI is InChI=1S/C23H18N4OS/c1-15-5-4-8-21-25-18(13-22(28)27(15)21)14-24-17-11-9-16(10-12-17)23-26-19-6-2-3-7-20(19)29-23/h2-13,24H,14H2,1H3. The molecular weight excluding hydrogens is 380 g/mol. The lowest BCUT2D eigenvalue weighted by Gasteiger charge is -2.09. The highest BCUT2D eigenvalue weighted by Gasteiger charge is 2.07. The van der Waals surface area contributed by atoms with E-state index in [1.54, 1.807) is 21.8 Å². The second-order valence-electron chi connectivity index (χ2n) is 6.86. The lowest BCUT2D eigenvalue weighted by atomic mass is 10.2. The summed E-state index contributed by atoms with van der Waals surface area (Å²) in [6, 6.07) is 23.6. The highest BCUT2D eigenvalue weighted by Crippen LogP contribution is 2.30. The number of para-hydroxylation sites is 1. The van der Waals surface area contributed by atoms with Gasteiger partial charge in [-0.3, -0.25) is 9.20 Å². The molecule has 0 bridgehead atoms. The molecule has 1 N–H and O–H groups in total. The van der Waals surface area contributed by atoms with Gasteiger partial charge in [0.2, 0.25) is 0 Å². The van der Waals surface area contributed by atoms with Gasteiger partial charge in [-0.25, -0.2) is 9.97 Å². The molecule has 5 nitrogen and oxygen atoms in total. The normalized spacial score (nSPS) is 11.2. The zero-order valence-electron chi connectivity index (χ0n) is 15.8. The first-order valence-electron chi connectivity index (χ1n) is 9.35. The zero-order chi connectivity index (χ0) is 19.8. The number of hydrogen-bond acceptors (Lipinski definition) is 5. The van der Waals surface area contributed by atoms with Crippen molar-refractivity contribution in [3.8, 4) is 10.6 Å². The number of fused-ring (bicyclic) bond motifs is 2. The molecule has 3 heterocycles. The summed E-state index contributed by atoms with van der Waals surface area (Å²) in [5, 5.41) is 4.36. The van der Waals surface area contributed by atoms with Crippen LogP contribution in [0.1, 0.15) is 11.4 Å². The van der Waals surface area contributed by atoms with Gasteiger partial charge in [0, 0.05) is 23.0 Å². The molecule has 0 saturated carbocycles. The van der Waals surface area contributed by atoms with Crippen LogP contribution in [0.3, 0.4) is 0 Å². The van der Waals surface area contributed by atoms with Gasteiger partial charge >= 0.3 is 0 Å². The van der Waals surface area contributed by atoms with Crippen LogP contribution in [-0.4, -0.2) is 14.4 Å². The maximum atomic E-state index is 12.4. The molecular formula is C23H18N4OS. The van der Waals surface area contributed by atoms with Crippen LogP contribution in [0.5, 0.6) is 0 Å². The molecule has 0 aliphatic rings. The van der Waals surface area contributed by atoms with Crippen LogP contribution in [0.25, 0.3) is 26.4 Å². The zero-order valence-corrected chi connectivity index (χ0v) is 16.6. The fourth-order valence-electron chi connectivity index (χ4n) is 3.37. The van der Waals surface area contributed by atoms with Crippen LogP contribution in [0, 0.1) is 6.92 Å². The summed E-state index contributed by atoms with van der Waals surface area (Å²) in [6.07, 6.45) is 0. The molecule has 142 valence electrons. The van der Waals surface area contributed by atoms with E-state index in [4.69, 9.17) is 4.98 Å². The number of anilines is 1. The Morgan fingerprint density at radius 3 is 2.62 bits per heavy atom. The summed E-state index contributed by atoms with van der Waals surface area (Å²) in [5.41, 5.74) is 5.30. The van der Waals surface area contributed by atoms with Gasteiger partial charge in [-0.1, -0.05) is 18.2 Å². The molecule has 2 aromatic carbocycles. The number of hydrogen-bond donors (Lipinski definition) is 1. The molecule has 29 heavy (non-hydrogen) atoms. The van der Waals surface area contributed by atoms with E-state index in [-0.39, 0.29) is 5.56 Å². The third-order valence-corrected chi connectivity index (χ3v) is 5.92. The van der Waals surface area contributed by atoms with Crippen molar-refractivity contribution in [3.63, 3.8) is 0 Å². The van der Waals surface area contributed by atoms with Crippen LogP contribution in [0.2, 0.25) is 0 Å². The van der Waals surface area contributed by atoms with Crippen molar-refractivity contribution < 1.29 is 0 Å². The second-order valence-corrected chi connectivity index (χ2v) is 7.89. The van der Waals surface area contributed by atoms with Crippen LogP contribution in [0.15, 0.2) is 77.6 Å². The Morgan fingerprint density at radius 1 is 0.966 bits per heavy atom. The van der Waals surface area contributed by atoms with Gasteiger partial charge in [0.25, 0.3) is 5.56 Å². The van der Waals surface area contributed by atoms with E-state index in [1.165, 1.54) is 4.70 Å². The number of benzene rings is 2. The largest absolute Gasteiger partial charge is 0.379 e. The Kier molecular flexibility index (Phi) is 4.33. The quantitative estimate of drug-likeness (QED) is 0.468. The second kappa shape index (κ2) is 7.14. The molecule has 5 rings (SSSR count). The monoisotopic (exact) mass is 398 g/mol. The van der Waals surface area contributed by atoms with Crippen molar-refractivity contribution in [2.75, 3.05) is 5.32 Å².